The number of benzene rings is 2. The van der Waals surface area contributed by atoms with Gasteiger partial charge < -0.3 is 9.80 Å². The van der Waals surface area contributed by atoms with Crippen molar-refractivity contribution in [3.05, 3.63) is 88.8 Å². The molecule has 1 saturated heterocycles. The van der Waals surface area contributed by atoms with Crippen LogP contribution in [0.4, 0.5) is 9.52 Å². The maximum Gasteiger partial charge on any atom is 0.253 e. The fraction of sp³-hybridized carbons (Fsp3) is 0.208. The van der Waals surface area contributed by atoms with E-state index in [1.165, 1.54) is 28.5 Å². The summed E-state index contributed by atoms with van der Waals surface area (Å²) < 4.78 is 17.5. The minimum Gasteiger partial charge on any atom is -0.343 e. The van der Waals surface area contributed by atoms with E-state index in [1.807, 2.05) is 35.2 Å². The summed E-state index contributed by atoms with van der Waals surface area (Å²) in [6.45, 7) is 2.76. The molecule has 1 fully saturated rings. The first-order valence-electron chi connectivity index (χ1n) is 10.4. The molecule has 5 rings (SSSR count). The third-order valence-corrected chi connectivity index (χ3v) is 7.24. The van der Waals surface area contributed by atoms with Crippen LogP contribution < -0.4 is 4.90 Å². The Hall–Kier alpha value is -3.10. The van der Waals surface area contributed by atoms with Gasteiger partial charge >= 0.3 is 0 Å². The van der Waals surface area contributed by atoms with Gasteiger partial charge in [-0.2, -0.15) is 4.37 Å². The molecule has 0 saturated carbocycles. The highest BCUT2D eigenvalue weighted by Gasteiger charge is 2.24. The maximum atomic E-state index is 13.1. The Morgan fingerprint density at radius 3 is 2.41 bits per heavy atom. The van der Waals surface area contributed by atoms with Crippen LogP contribution in [0.25, 0.3) is 10.4 Å². The Bertz CT molecular complexity index is 1180. The molecule has 0 spiro atoms. The number of aromatic nitrogens is 2. The van der Waals surface area contributed by atoms with E-state index >= 15 is 0 Å². The molecule has 0 bridgehead atoms. The summed E-state index contributed by atoms with van der Waals surface area (Å²) in [6, 6.07) is 18.4. The van der Waals surface area contributed by atoms with Crippen molar-refractivity contribution in [3.63, 3.8) is 0 Å². The number of hydrogen-bond donors (Lipinski definition) is 0. The van der Waals surface area contributed by atoms with Crippen LogP contribution in [0.5, 0.6) is 0 Å². The number of thiophene rings is 1. The van der Waals surface area contributed by atoms with Gasteiger partial charge in [0, 0.05) is 54.6 Å². The predicted molar refractivity (Wildman–Crippen MR) is 127 cm³/mol. The zero-order valence-corrected chi connectivity index (χ0v) is 18.9. The van der Waals surface area contributed by atoms with Crippen LogP contribution in [-0.4, -0.2) is 46.3 Å². The van der Waals surface area contributed by atoms with Gasteiger partial charge in [-0.15, -0.1) is 11.3 Å². The van der Waals surface area contributed by atoms with Crippen molar-refractivity contribution in [3.8, 4) is 10.4 Å². The first-order valence-corrected chi connectivity index (χ1v) is 12.1. The molecule has 32 heavy (non-hydrogen) atoms. The van der Waals surface area contributed by atoms with Crippen LogP contribution in [-0.2, 0) is 6.42 Å². The van der Waals surface area contributed by atoms with E-state index in [2.05, 4.69) is 25.7 Å². The van der Waals surface area contributed by atoms with Gasteiger partial charge in [0.25, 0.3) is 5.91 Å². The van der Waals surface area contributed by atoms with Gasteiger partial charge in [-0.3, -0.25) is 4.79 Å². The number of amides is 1. The van der Waals surface area contributed by atoms with E-state index in [4.69, 9.17) is 0 Å². The number of halogens is 1. The largest absolute Gasteiger partial charge is 0.343 e. The monoisotopic (exact) mass is 464 g/mol. The molecule has 4 aromatic rings. The van der Waals surface area contributed by atoms with E-state index in [0.717, 1.165) is 40.7 Å². The molecule has 1 amide bonds. The highest BCUT2D eigenvalue weighted by molar-refractivity contribution is 7.13. The Labute approximate surface area is 193 Å². The number of carbonyl (C=O) groups is 1. The molecule has 3 heterocycles. The van der Waals surface area contributed by atoms with E-state index in [9.17, 15) is 9.18 Å². The van der Waals surface area contributed by atoms with Crippen LogP contribution >= 0.6 is 22.9 Å². The second-order valence-corrected chi connectivity index (χ2v) is 9.31. The summed E-state index contributed by atoms with van der Waals surface area (Å²) in [5.74, 6) is 0.559. The summed E-state index contributed by atoms with van der Waals surface area (Å²) in [6.07, 6.45) is 0.580. The molecular weight excluding hydrogens is 443 g/mol. The molecule has 0 N–H and O–H groups in total. The summed E-state index contributed by atoms with van der Waals surface area (Å²) in [7, 11) is 0. The maximum absolute atomic E-state index is 13.1. The predicted octanol–water partition coefficient (Wildman–Crippen LogP) is 4.96. The first kappa shape index (κ1) is 20.8. The van der Waals surface area contributed by atoms with Crippen molar-refractivity contribution in [2.75, 3.05) is 31.1 Å². The van der Waals surface area contributed by atoms with Crippen LogP contribution in [0.3, 0.4) is 0 Å². The van der Waals surface area contributed by atoms with Gasteiger partial charge in [0.15, 0.2) is 0 Å². The van der Waals surface area contributed by atoms with Gasteiger partial charge in [-0.05, 0) is 46.8 Å². The molecular formula is C24H21FN4OS2. The molecule has 0 radical (unpaired) electrons. The lowest BCUT2D eigenvalue weighted by Crippen LogP contribution is -2.48. The van der Waals surface area contributed by atoms with E-state index in [1.54, 1.807) is 23.5 Å². The number of hydrogen-bond acceptors (Lipinski definition) is 6. The van der Waals surface area contributed by atoms with Crippen molar-refractivity contribution in [2.24, 2.45) is 0 Å². The molecule has 2 aromatic carbocycles. The van der Waals surface area contributed by atoms with Gasteiger partial charge in [-0.1, -0.05) is 30.3 Å². The third kappa shape index (κ3) is 4.56. The summed E-state index contributed by atoms with van der Waals surface area (Å²) in [4.78, 5) is 22.9. The van der Waals surface area contributed by atoms with Crippen LogP contribution in [0.2, 0.25) is 0 Å². The topological polar surface area (TPSA) is 49.3 Å². The van der Waals surface area contributed by atoms with Crippen LogP contribution in [0, 0.1) is 5.82 Å². The third-order valence-electron chi connectivity index (χ3n) is 5.51. The Morgan fingerprint density at radius 2 is 1.72 bits per heavy atom. The summed E-state index contributed by atoms with van der Waals surface area (Å²) in [5, 5.41) is 2.92. The van der Waals surface area contributed by atoms with E-state index < -0.39 is 0 Å². The average Bonchev–Trinajstić information content (AvgIpc) is 3.53. The van der Waals surface area contributed by atoms with Crippen molar-refractivity contribution in [1.82, 2.24) is 14.3 Å². The van der Waals surface area contributed by atoms with Gasteiger partial charge in [0.1, 0.15) is 11.6 Å². The Morgan fingerprint density at radius 1 is 0.969 bits per heavy atom. The van der Waals surface area contributed by atoms with E-state index in [0.29, 0.717) is 19.5 Å². The average molecular weight is 465 g/mol. The molecule has 1 aliphatic rings. The second-order valence-electron chi connectivity index (χ2n) is 7.63. The summed E-state index contributed by atoms with van der Waals surface area (Å²) in [5.41, 5.74) is 2.83. The molecule has 0 aliphatic carbocycles. The quantitative estimate of drug-likeness (QED) is 0.419. The number of carbonyl (C=O) groups excluding carboxylic acids is 1. The molecule has 8 heteroatoms. The number of anilines is 1. The van der Waals surface area contributed by atoms with E-state index in [-0.39, 0.29) is 11.7 Å². The Balaban J connectivity index is 1.17. The lowest BCUT2D eigenvalue weighted by molar-refractivity contribution is 0.0747. The summed E-state index contributed by atoms with van der Waals surface area (Å²) >= 11 is 3.07. The Kier molecular flexibility index (Phi) is 5.96. The number of piperazine rings is 1. The SMILES string of the molecule is O=C(c1ccc(-c2cccs2)cc1)N1CCN(c2nc(Cc3ccc(F)cc3)ns2)CC1. The van der Waals surface area contributed by atoms with Gasteiger partial charge in [0.05, 0.1) is 0 Å². The first-order chi connectivity index (χ1) is 15.7. The molecule has 1 aliphatic heterocycles. The highest BCUT2D eigenvalue weighted by Crippen LogP contribution is 2.25. The second kappa shape index (κ2) is 9.18. The lowest BCUT2D eigenvalue weighted by atomic mass is 10.1. The van der Waals surface area contributed by atoms with Crippen molar-refractivity contribution in [2.45, 2.75) is 6.42 Å². The van der Waals surface area contributed by atoms with Crippen LogP contribution in [0.15, 0.2) is 66.0 Å². The minimum atomic E-state index is -0.244. The van der Waals surface area contributed by atoms with Gasteiger partial charge in [0.2, 0.25) is 5.13 Å². The fourth-order valence-electron chi connectivity index (χ4n) is 3.73. The molecule has 162 valence electrons. The van der Waals surface area contributed by atoms with Gasteiger partial charge in [-0.25, -0.2) is 9.37 Å². The smallest absolute Gasteiger partial charge is 0.253 e. The van der Waals surface area contributed by atoms with Crippen molar-refractivity contribution >= 4 is 33.9 Å². The van der Waals surface area contributed by atoms with Crippen LogP contribution in [0.1, 0.15) is 21.7 Å². The number of rotatable bonds is 5. The zero-order valence-electron chi connectivity index (χ0n) is 17.3. The zero-order chi connectivity index (χ0) is 21.9. The normalized spacial score (nSPS) is 14.0. The minimum absolute atomic E-state index is 0.0663. The molecule has 0 unspecified atom stereocenters. The molecule has 5 nitrogen and oxygen atoms in total. The molecule has 0 atom stereocenters. The fourth-order valence-corrected chi connectivity index (χ4v) is 5.20. The highest BCUT2D eigenvalue weighted by atomic mass is 32.1. The van der Waals surface area contributed by atoms with Crippen molar-refractivity contribution in [1.29, 1.82) is 0 Å². The van der Waals surface area contributed by atoms with Crippen molar-refractivity contribution < 1.29 is 9.18 Å². The standard InChI is InChI=1S/C24H21FN4OS2/c25-20-9-3-17(4-10-20)16-22-26-24(32-27-22)29-13-11-28(12-14-29)23(30)19-7-5-18(6-8-19)21-2-1-15-31-21/h1-10,15H,11-14,16H2. The number of nitrogens with zero attached hydrogens (tertiary/aromatic N) is 4. The lowest BCUT2D eigenvalue weighted by Gasteiger charge is -2.34. The molecule has 2 aromatic heterocycles.